The number of aliphatic hydroxyl groups is 1. The summed E-state index contributed by atoms with van der Waals surface area (Å²) in [6, 6.07) is 11.7. The molecule has 0 aromatic heterocycles. The predicted octanol–water partition coefficient (Wildman–Crippen LogP) is 3.53. The summed E-state index contributed by atoms with van der Waals surface area (Å²) in [6.45, 7) is 7.10. The summed E-state index contributed by atoms with van der Waals surface area (Å²) in [4.78, 5) is 44.2. The molecule has 0 unspecified atom stereocenters. The number of fused-ring (bicyclic) bond motifs is 1. The number of para-hydroxylation sites is 1. The van der Waals surface area contributed by atoms with Gasteiger partial charge in [0.05, 0.1) is 30.3 Å². The van der Waals surface area contributed by atoms with E-state index in [1.165, 1.54) is 4.90 Å². The van der Waals surface area contributed by atoms with E-state index in [9.17, 15) is 19.5 Å². The van der Waals surface area contributed by atoms with Gasteiger partial charge >= 0.3 is 6.03 Å². The molecule has 2 aromatic carbocycles. The predicted molar refractivity (Wildman–Crippen MR) is 143 cm³/mol. The van der Waals surface area contributed by atoms with Crippen LogP contribution in [0.25, 0.3) is 0 Å². The van der Waals surface area contributed by atoms with E-state index in [-0.39, 0.29) is 55.7 Å². The molecule has 37 heavy (non-hydrogen) atoms. The molecule has 0 radical (unpaired) electrons. The summed E-state index contributed by atoms with van der Waals surface area (Å²) in [7, 11) is 0. The molecule has 4 amide bonds. The van der Waals surface area contributed by atoms with E-state index in [1.807, 2.05) is 45.0 Å². The number of urea groups is 1. The number of anilines is 1. The van der Waals surface area contributed by atoms with Gasteiger partial charge in [0.2, 0.25) is 5.91 Å². The maximum absolute atomic E-state index is 13.7. The molecule has 10 heteroatoms. The Bertz CT molecular complexity index is 1110. The Morgan fingerprint density at radius 1 is 1.16 bits per heavy atom. The first-order valence-electron chi connectivity index (χ1n) is 12.6. The van der Waals surface area contributed by atoms with Crippen LogP contribution < -0.4 is 15.0 Å². The molecule has 0 bridgehead atoms. The maximum atomic E-state index is 13.7. The highest BCUT2D eigenvalue weighted by Gasteiger charge is 2.32. The number of benzene rings is 2. The molecule has 0 saturated heterocycles. The number of ether oxygens (including phenoxy) is 1. The van der Waals surface area contributed by atoms with Crippen LogP contribution in [0.15, 0.2) is 42.5 Å². The van der Waals surface area contributed by atoms with Gasteiger partial charge in [-0.15, -0.1) is 0 Å². The van der Waals surface area contributed by atoms with Crippen molar-refractivity contribution in [3.05, 3.63) is 58.6 Å². The SMILES string of the molecule is CCCN(CCO)C(=O)CNC(=O)N1Cc2ccccc2N(C(=O)c2ccc(OCC)cc2Cl)C[C@H]1C. The van der Waals surface area contributed by atoms with E-state index in [2.05, 4.69) is 5.32 Å². The van der Waals surface area contributed by atoms with Gasteiger partial charge in [0.15, 0.2) is 0 Å². The summed E-state index contributed by atoms with van der Waals surface area (Å²) >= 11 is 6.45. The highest BCUT2D eigenvalue weighted by Crippen LogP contribution is 2.31. The van der Waals surface area contributed by atoms with Crippen LogP contribution in [0.2, 0.25) is 5.02 Å². The van der Waals surface area contributed by atoms with Crippen LogP contribution in [0.4, 0.5) is 10.5 Å². The fourth-order valence-electron chi connectivity index (χ4n) is 4.36. The second-order valence-electron chi connectivity index (χ2n) is 8.86. The second-order valence-corrected chi connectivity index (χ2v) is 9.27. The normalized spacial score (nSPS) is 15.0. The molecule has 2 aromatic rings. The Morgan fingerprint density at radius 3 is 2.59 bits per heavy atom. The van der Waals surface area contributed by atoms with E-state index in [0.29, 0.717) is 30.2 Å². The van der Waals surface area contributed by atoms with Gasteiger partial charge in [-0.25, -0.2) is 4.79 Å². The Hall–Kier alpha value is -3.30. The van der Waals surface area contributed by atoms with Gasteiger partial charge in [-0.1, -0.05) is 36.7 Å². The van der Waals surface area contributed by atoms with Crippen LogP contribution >= 0.6 is 11.6 Å². The second kappa shape index (κ2) is 13.3. The molecule has 1 atom stereocenters. The summed E-state index contributed by atoms with van der Waals surface area (Å²) in [6.07, 6.45) is 0.752. The quantitative estimate of drug-likeness (QED) is 0.516. The third-order valence-electron chi connectivity index (χ3n) is 6.20. The monoisotopic (exact) mass is 530 g/mol. The van der Waals surface area contributed by atoms with Crippen molar-refractivity contribution >= 4 is 35.1 Å². The summed E-state index contributed by atoms with van der Waals surface area (Å²) < 4.78 is 5.48. The molecule has 1 aliphatic rings. The van der Waals surface area contributed by atoms with Gasteiger partial charge in [0.1, 0.15) is 5.75 Å². The van der Waals surface area contributed by atoms with Crippen LogP contribution in [0, 0.1) is 0 Å². The number of amides is 4. The van der Waals surface area contributed by atoms with E-state index in [4.69, 9.17) is 16.3 Å². The van der Waals surface area contributed by atoms with E-state index in [0.717, 1.165) is 12.0 Å². The molecule has 9 nitrogen and oxygen atoms in total. The van der Waals surface area contributed by atoms with Crippen molar-refractivity contribution in [1.82, 2.24) is 15.1 Å². The van der Waals surface area contributed by atoms with Crippen LogP contribution in [0.5, 0.6) is 5.75 Å². The minimum Gasteiger partial charge on any atom is -0.494 e. The molecule has 2 N–H and O–H groups in total. The van der Waals surface area contributed by atoms with Gasteiger partial charge in [-0.05, 0) is 50.1 Å². The van der Waals surface area contributed by atoms with E-state index < -0.39 is 6.03 Å². The zero-order valence-electron chi connectivity index (χ0n) is 21.6. The molecule has 1 heterocycles. The molecule has 0 aliphatic carbocycles. The molecule has 0 fully saturated rings. The lowest BCUT2D eigenvalue weighted by atomic mass is 10.1. The van der Waals surface area contributed by atoms with Crippen LogP contribution in [-0.2, 0) is 11.3 Å². The minimum absolute atomic E-state index is 0.137. The van der Waals surface area contributed by atoms with Crippen molar-refractivity contribution in [3.63, 3.8) is 0 Å². The van der Waals surface area contributed by atoms with Crippen LogP contribution in [0.3, 0.4) is 0 Å². The van der Waals surface area contributed by atoms with Crippen molar-refractivity contribution in [2.45, 2.75) is 39.8 Å². The summed E-state index contributed by atoms with van der Waals surface area (Å²) in [5.41, 5.74) is 1.85. The average molecular weight is 531 g/mol. The van der Waals surface area contributed by atoms with Crippen molar-refractivity contribution in [1.29, 1.82) is 0 Å². The Labute approximate surface area is 222 Å². The van der Waals surface area contributed by atoms with Gasteiger partial charge in [0.25, 0.3) is 5.91 Å². The third-order valence-corrected chi connectivity index (χ3v) is 6.51. The number of rotatable bonds is 9. The standard InChI is InChI=1S/C27H35ClN4O5/c1-4-12-30(13-14-33)25(34)16-29-27(36)31-18-20-8-6-7-9-24(20)32(17-19(31)3)26(35)22-11-10-21(37-5-2)15-23(22)28/h6-11,15,19,33H,4-5,12-14,16-18H2,1-3H3,(H,29,36)/t19-/m1/s1. The lowest BCUT2D eigenvalue weighted by Crippen LogP contribution is -2.50. The maximum Gasteiger partial charge on any atom is 0.318 e. The van der Waals surface area contributed by atoms with Gasteiger partial charge < -0.3 is 29.9 Å². The largest absolute Gasteiger partial charge is 0.494 e. The fourth-order valence-corrected chi connectivity index (χ4v) is 4.61. The lowest BCUT2D eigenvalue weighted by Gasteiger charge is -2.30. The Kier molecular flexibility index (Phi) is 10.2. The molecular weight excluding hydrogens is 496 g/mol. The number of halogens is 1. The van der Waals surface area contributed by atoms with E-state index in [1.54, 1.807) is 28.0 Å². The number of carbonyl (C=O) groups is 3. The number of hydrogen-bond donors (Lipinski definition) is 2. The van der Waals surface area contributed by atoms with Gasteiger partial charge in [0, 0.05) is 37.9 Å². The van der Waals surface area contributed by atoms with E-state index >= 15 is 0 Å². The molecule has 0 saturated carbocycles. The number of hydrogen-bond acceptors (Lipinski definition) is 5. The zero-order chi connectivity index (χ0) is 26.9. The average Bonchev–Trinajstić information content (AvgIpc) is 3.03. The minimum atomic E-state index is -0.399. The molecule has 3 rings (SSSR count). The van der Waals surface area contributed by atoms with Gasteiger partial charge in [-0.2, -0.15) is 0 Å². The van der Waals surface area contributed by atoms with Gasteiger partial charge in [-0.3, -0.25) is 9.59 Å². The summed E-state index contributed by atoms with van der Waals surface area (Å²) in [5.74, 6) is 0.0561. The third kappa shape index (κ3) is 6.93. The summed E-state index contributed by atoms with van der Waals surface area (Å²) in [5, 5.41) is 12.2. The first-order valence-corrected chi connectivity index (χ1v) is 12.9. The number of aliphatic hydroxyl groups excluding tert-OH is 1. The Balaban J connectivity index is 1.80. The highest BCUT2D eigenvalue weighted by atomic mass is 35.5. The number of carbonyl (C=O) groups excluding carboxylic acids is 3. The smallest absolute Gasteiger partial charge is 0.318 e. The van der Waals surface area contributed by atoms with Crippen molar-refractivity contribution in [3.8, 4) is 5.75 Å². The number of nitrogens with zero attached hydrogens (tertiary/aromatic N) is 3. The molecular formula is C27H35ClN4O5. The molecule has 200 valence electrons. The fraction of sp³-hybridized carbons (Fsp3) is 0.444. The van der Waals surface area contributed by atoms with Crippen molar-refractivity contribution in [2.24, 2.45) is 0 Å². The Morgan fingerprint density at radius 2 is 1.92 bits per heavy atom. The van der Waals surface area contributed by atoms with Crippen LogP contribution in [0.1, 0.15) is 43.1 Å². The van der Waals surface area contributed by atoms with Crippen molar-refractivity contribution < 1.29 is 24.2 Å². The molecule has 0 spiro atoms. The van der Waals surface area contributed by atoms with Crippen molar-refractivity contribution in [2.75, 3.05) is 44.3 Å². The first kappa shape index (κ1) is 28.3. The molecule has 1 aliphatic heterocycles. The number of nitrogens with one attached hydrogen (secondary N) is 1. The highest BCUT2D eigenvalue weighted by molar-refractivity contribution is 6.34. The zero-order valence-corrected chi connectivity index (χ0v) is 22.3. The topological polar surface area (TPSA) is 102 Å². The first-order chi connectivity index (χ1) is 17.8. The van der Waals surface area contributed by atoms with Crippen LogP contribution in [-0.4, -0.2) is 78.2 Å². The lowest BCUT2D eigenvalue weighted by molar-refractivity contribution is -0.130.